The van der Waals surface area contributed by atoms with E-state index in [1.165, 1.54) is 12.1 Å². The molecule has 4 atom stereocenters. The van der Waals surface area contributed by atoms with E-state index in [1.807, 2.05) is 13.0 Å². The van der Waals surface area contributed by atoms with Crippen LogP contribution in [0.4, 0.5) is 13.2 Å². The Balaban J connectivity index is 1.94. The van der Waals surface area contributed by atoms with Crippen molar-refractivity contribution >= 4 is 5.78 Å². The summed E-state index contributed by atoms with van der Waals surface area (Å²) in [6, 6.07) is 4.89. The van der Waals surface area contributed by atoms with Crippen LogP contribution < -0.4 is 4.74 Å². The molecule has 0 radical (unpaired) electrons. The number of carbonyl (C=O) groups excluding carboxylic acids is 1. The van der Waals surface area contributed by atoms with E-state index in [4.69, 9.17) is 4.74 Å². The number of hydrogen-bond donors (Lipinski definition) is 0. The van der Waals surface area contributed by atoms with E-state index in [-0.39, 0.29) is 35.9 Å². The van der Waals surface area contributed by atoms with Crippen molar-refractivity contribution in [3.63, 3.8) is 0 Å². The topological polar surface area (TPSA) is 26.3 Å². The van der Waals surface area contributed by atoms with Gasteiger partial charge in [0.2, 0.25) is 0 Å². The summed E-state index contributed by atoms with van der Waals surface area (Å²) in [5.74, 6) is 0.956. The number of ether oxygens (including phenoxy) is 1. The van der Waals surface area contributed by atoms with Crippen LogP contribution in [0.25, 0.3) is 0 Å². The van der Waals surface area contributed by atoms with Crippen LogP contribution in [-0.2, 0) is 11.0 Å². The molecule has 0 amide bonds. The van der Waals surface area contributed by atoms with Gasteiger partial charge in [0.1, 0.15) is 11.5 Å². The maximum atomic E-state index is 12.7. The molecule has 0 heterocycles. The van der Waals surface area contributed by atoms with Crippen LogP contribution in [0.2, 0.25) is 0 Å². The third-order valence-corrected chi connectivity index (χ3v) is 4.82. The van der Waals surface area contributed by atoms with Crippen molar-refractivity contribution in [3.05, 3.63) is 54.6 Å². The van der Waals surface area contributed by atoms with Crippen molar-refractivity contribution in [2.45, 2.75) is 32.9 Å². The molecule has 0 aliphatic heterocycles. The van der Waals surface area contributed by atoms with Crippen molar-refractivity contribution in [3.8, 4) is 5.75 Å². The third kappa shape index (κ3) is 5.23. The largest absolute Gasteiger partial charge is 0.493 e. The molecule has 0 N–H and O–H groups in total. The fourth-order valence-corrected chi connectivity index (χ4v) is 3.37. The Morgan fingerprint density at radius 2 is 2.12 bits per heavy atom. The van der Waals surface area contributed by atoms with E-state index < -0.39 is 11.7 Å². The lowest BCUT2D eigenvalue weighted by atomic mass is 9.87. The minimum absolute atomic E-state index is 0.0182. The quantitative estimate of drug-likeness (QED) is 0.579. The van der Waals surface area contributed by atoms with E-state index in [2.05, 4.69) is 19.6 Å². The first-order chi connectivity index (χ1) is 12.2. The van der Waals surface area contributed by atoms with Crippen LogP contribution in [0.15, 0.2) is 49.1 Å². The molecule has 1 aromatic rings. The molecule has 0 aromatic heterocycles. The van der Waals surface area contributed by atoms with Gasteiger partial charge >= 0.3 is 6.18 Å². The molecule has 1 aliphatic rings. The molecular formula is C21H25F3O2. The van der Waals surface area contributed by atoms with Gasteiger partial charge < -0.3 is 4.74 Å². The van der Waals surface area contributed by atoms with Crippen LogP contribution >= 0.6 is 0 Å². The number of benzene rings is 1. The molecule has 0 spiro atoms. The summed E-state index contributed by atoms with van der Waals surface area (Å²) in [5, 5.41) is 0. The monoisotopic (exact) mass is 366 g/mol. The number of allylic oxidation sites excluding steroid dienone is 2. The van der Waals surface area contributed by atoms with Gasteiger partial charge in [-0.1, -0.05) is 38.1 Å². The Morgan fingerprint density at radius 3 is 2.77 bits per heavy atom. The van der Waals surface area contributed by atoms with Crippen molar-refractivity contribution in [1.82, 2.24) is 0 Å². The highest BCUT2D eigenvalue weighted by atomic mass is 19.4. The highest BCUT2D eigenvalue weighted by molar-refractivity contribution is 5.84. The summed E-state index contributed by atoms with van der Waals surface area (Å²) in [6.45, 7) is 8.01. The van der Waals surface area contributed by atoms with Gasteiger partial charge in [0.25, 0.3) is 0 Å². The van der Waals surface area contributed by atoms with Gasteiger partial charge in [-0.25, -0.2) is 0 Å². The number of halogens is 3. The smallest absolute Gasteiger partial charge is 0.416 e. The first-order valence-corrected chi connectivity index (χ1v) is 8.84. The maximum Gasteiger partial charge on any atom is 0.416 e. The average Bonchev–Trinajstić information content (AvgIpc) is 2.84. The number of rotatable bonds is 7. The van der Waals surface area contributed by atoms with Crippen LogP contribution in [-0.4, -0.2) is 12.4 Å². The van der Waals surface area contributed by atoms with Gasteiger partial charge in [-0.3, -0.25) is 4.79 Å². The first kappa shape index (κ1) is 20.3. The van der Waals surface area contributed by atoms with Gasteiger partial charge in [-0.2, -0.15) is 13.2 Å². The van der Waals surface area contributed by atoms with Gasteiger partial charge in [0, 0.05) is 18.3 Å². The highest BCUT2D eigenvalue weighted by Gasteiger charge is 2.37. The Hall–Kier alpha value is -2.04. The summed E-state index contributed by atoms with van der Waals surface area (Å²) in [7, 11) is 0. The van der Waals surface area contributed by atoms with Crippen molar-refractivity contribution in [2.75, 3.05) is 6.61 Å². The van der Waals surface area contributed by atoms with Crippen molar-refractivity contribution < 1.29 is 22.7 Å². The second-order valence-corrected chi connectivity index (χ2v) is 7.05. The molecule has 1 saturated carbocycles. The molecule has 0 unspecified atom stereocenters. The van der Waals surface area contributed by atoms with Gasteiger partial charge in [-0.15, -0.1) is 6.58 Å². The van der Waals surface area contributed by atoms with Gasteiger partial charge in [0.05, 0.1) is 12.2 Å². The lowest BCUT2D eigenvalue weighted by Gasteiger charge is -2.18. The zero-order chi connectivity index (χ0) is 19.3. The molecule has 26 heavy (non-hydrogen) atoms. The van der Waals surface area contributed by atoms with Gasteiger partial charge in [-0.05, 0) is 36.5 Å². The van der Waals surface area contributed by atoms with E-state index in [0.717, 1.165) is 12.1 Å². The first-order valence-electron chi connectivity index (χ1n) is 8.84. The summed E-state index contributed by atoms with van der Waals surface area (Å²) >= 11 is 0. The molecule has 0 bridgehead atoms. The predicted molar refractivity (Wildman–Crippen MR) is 95.8 cm³/mol. The lowest BCUT2D eigenvalue weighted by molar-refractivity contribution is -0.137. The Morgan fingerprint density at radius 1 is 1.38 bits per heavy atom. The van der Waals surface area contributed by atoms with Crippen LogP contribution in [0.1, 0.15) is 32.3 Å². The zero-order valence-electron chi connectivity index (χ0n) is 15.1. The Bertz CT molecular complexity index is 663. The number of Topliss-reactive ketones (excluding diaryl/α,β-unsaturated/α-hetero) is 1. The summed E-state index contributed by atoms with van der Waals surface area (Å²) in [5.41, 5.74) is -0.719. The highest BCUT2D eigenvalue weighted by Crippen LogP contribution is 2.37. The lowest BCUT2D eigenvalue weighted by Crippen LogP contribution is -2.15. The fraction of sp³-hybridized carbons (Fsp3) is 0.476. The Kier molecular flexibility index (Phi) is 6.68. The molecule has 5 heteroatoms. The van der Waals surface area contributed by atoms with Crippen LogP contribution in [0.3, 0.4) is 0 Å². The fourth-order valence-electron chi connectivity index (χ4n) is 3.37. The van der Waals surface area contributed by atoms with Crippen molar-refractivity contribution in [2.24, 2.45) is 23.7 Å². The van der Waals surface area contributed by atoms with E-state index in [0.29, 0.717) is 18.8 Å². The SMILES string of the molecule is C=CC[C@H]1C(=O)C[C@@H](C)[C@@H]1/C=C/[C@@H](C)COc1cccc(C(F)(F)F)c1. The molecule has 142 valence electrons. The molecule has 2 rings (SSSR count). The molecular weight excluding hydrogens is 341 g/mol. The number of hydrogen-bond acceptors (Lipinski definition) is 2. The number of alkyl halides is 3. The average molecular weight is 366 g/mol. The van der Waals surface area contributed by atoms with Crippen LogP contribution in [0.5, 0.6) is 5.75 Å². The second kappa shape index (κ2) is 8.56. The summed E-state index contributed by atoms with van der Waals surface area (Å²) in [6.07, 6.45) is 2.71. The predicted octanol–water partition coefficient (Wildman–Crippen LogP) is 5.69. The van der Waals surface area contributed by atoms with Gasteiger partial charge in [0.15, 0.2) is 0 Å². The molecule has 1 fully saturated rings. The molecule has 0 saturated heterocycles. The minimum atomic E-state index is -4.38. The van der Waals surface area contributed by atoms with E-state index in [1.54, 1.807) is 6.08 Å². The maximum absolute atomic E-state index is 12.7. The summed E-state index contributed by atoms with van der Waals surface area (Å²) in [4.78, 5) is 12.1. The standard InChI is InChI=1S/C21H25F3O2/c1-4-6-19-18(15(3)11-20(19)25)10-9-14(2)13-26-17-8-5-7-16(12-17)21(22,23)24/h4-5,7-10,12,14-15,18-19H,1,6,11,13H2,2-3H3/b10-9+/t14-,15-,18+,19-/m1/s1. The van der Waals surface area contributed by atoms with Crippen molar-refractivity contribution in [1.29, 1.82) is 0 Å². The molecule has 2 nitrogen and oxygen atoms in total. The van der Waals surface area contributed by atoms with E-state index in [9.17, 15) is 18.0 Å². The minimum Gasteiger partial charge on any atom is -0.493 e. The third-order valence-electron chi connectivity index (χ3n) is 4.82. The number of ketones is 1. The molecule has 1 aromatic carbocycles. The second-order valence-electron chi connectivity index (χ2n) is 7.05. The summed E-state index contributed by atoms with van der Waals surface area (Å²) < 4.78 is 43.7. The molecule has 1 aliphatic carbocycles. The normalized spacial score (nSPS) is 24.8. The van der Waals surface area contributed by atoms with Crippen LogP contribution in [0, 0.1) is 23.7 Å². The zero-order valence-corrected chi connectivity index (χ0v) is 15.1. The van der Waals surface area contributed by atoms with E-state index >= 15 is 0 Å². The Labute approximate surface area is 152 Å². The number of carbonyl (C=O) groups is 1.